The van der Waals surface area contributed by atoms with Gasteiger partial charge in [0, 0.05) is 36.3 Å². The Hall–Kier alpha value is -2.45. The largest absolute Gasteiger partial charge is 0.386 e. The van der Waals surface area contributed by atoms with E-state index in [1.54, 1.807) is 18.4 Å². The fourth-order valence-electron chi connectivity index (χ4n) is 3.15. The van der Waals surface area contributed by atoms with Crippen molar-refractivity contribution in [1.29, 1.82) is 0 Å². The lowest BCUT2D eigenvalue weighted by Gasteiger charge is -2.15. The monoisotopic (exact) mass is 441 g/mol. The average molecular weight is 442 g/mol. The second-order valence-corrected chi connectivity index (χ2v) is 8.19. The Labute approximate surface area is 187 Å². The molecular weight excluding hydrogens is 410 g/mol. The van der Waals surface area contributed by atoms with Crippen LogP contribution in [0.4, 0.5) is 0 Å². The normalized spacial score (nSPS) is 12.8. The van der Waals surface area contributed by atoms with Crippen molar-refractivity contribution in [2.24, 2.45) is 4.99 Å². The molecule has 0 saturated heterocycles. The Morgan fingerprint density at radius 1 is 1.03 bits per heavy atom. The number of hydrogen-bond donors (Lipinski definition) is 3. The van der Waals surface area contributed by atoms with E-state index in [1.807, 2.05) is 31.2 Å². The number of hydrogen-bond acceptors (Lipinski definition) is 5. The van der Waals surface area contributed by atoms with Gasteiger partial charge in [-0.1, -0.05) is 42.5 Å². The van der Waals surface area contributed by atoms with E-state index in [0.717, 1.165) is 21.4 Å². The minimum absolute atomic E-state index is 0.389. The van der Waals surface area contributed by atoms with Gasteiger partial charge in [0.15, 0.2) is 5.96 Å². The fraction of sp³-hybridized carbons (Fsp3) is 0.375. The Balaban J connectivity index is 1.45. The maximum absolute atomic E-state index is 10.6. The maximum Gasteiger partial charge on any atom is 0.191 e. The average Bonchev–Trinajstić information content (AvgIpc) is 3.24. The van der Waals surface area contributed by atoms with Crippen molar-refractivity contribution in [3.05, 3.63) is 70.6 Å². The topological polar surface area (TPSA) is 75.1 Å². The lowest BCUT2D eigenvalue weighted by molar-refractivity contribution is 0.0453. The first-order valence-corrected chi connectivity index (χ1v) is 11.4. The third-order valence-electron chi connectivity index (χ3n) is 4.76. The molecule has 3 rings (SSSR count). The smallest absolute Gasteiger partial charge is 0.191 e. The number of fused-ring (bicyclic) bond motifs is 1. The molecule has 1 unspecified atom stereocenters. The third kappa shape index (κ3) is 7.33. The summed E-state index contributed by atoms with van der Waals surface area (Å²) in [5.74, 6) is 0.651. The number of nitrogens with zero attached hydrogens (tertiary/aromatic N) is 1. The van der Waals surface area contributed by atoms with E-state index >= 15 is 0 Å². The van der Waals surface area contributed by atoms with Crippen LogP contribution in [0.1, 0.15) is 29.0 Å². The van der Waals surface area contributed by atoms with E-state index in [9.17, 15) is 5.11 Å². The molecule has 0 aliphatic rings. The number of aliphatic hydroxyl groups excluding tert-OH is 1. The standard InChI is InChI=1S/C24H31N3O3S/c1-3-29-11-12-30-17-19-8-6-7-18(13-19)15-26-24(25-2)27-16-21(28)23-14-20-9-4-5-10-22(20)31-23/h4-10,13-14,21,28H,3,11-12,15-17H2,1-2H3,(H2,25,26,27). The van der Waals surface area contributed by atoms with Crippen LogP contribution in [0.2, 0.25) is 0 Å². The molecule has 1 aromatic heterocycles. The first-order valence-electron chi connectivity index (χ1n) is 10.5. The van der Waals surface area contributed by atoms with Crippen molar-refractivity contribution in [2.75, 3.05) is 33.4 Å². The van der Waals surface area contributed by atoms with Gasteiger partial charge in [-0.15, -0.1) is 11.3 Å². The predicted molar refractivity (Wildman–Crippen MR) is 128 cm³/mol. The molecule has 0 aliphatic carbocycles. The number of nitrogens with one attached hydrogen (secondary N) is 2. The van der Waals surface area contributed by atoms with Crippen molar-refractivity contribution < 1.29 is 14.6 Å². The highest BCUT2D eigenvalue weighted by Gasteiger charge is 2.12. The van der Waals surface area contributed by atoms with Gasteiger partial charge in [0.05, 0.1) is 19.8 Å². The van der Waals surface area contributed by atoms with E-state index in [-0.39, 0.29) is 0 Å². The zero-order valence-corrected chi connectivity index (χ0v) is 19.0. The van der Waals surface area contributed by atoms with Gasteiger partial charge >= 0.3 is 0 Å². The van der Waals surface area contributed by atoms with Crippen LogP contribution in [0.25, 0.3) is 10.1 Å². The molecule has 3 aromatic rings. The number of aliphatic hydroxyl groups is 1. The first kappa shape index (κ1) is 23.2. The van der Waals surface area contributed by atoms with Gasteiger partial charge in [0.2, 0.25) is 0 Å². The molecule has 0 saturated carbocycles. The van der Waals surface area contributed by atoms with Crippen LogP contribution in [0.5, 0.6) is 0 Å². The number of ether oxygens (including phenoxy) is 2. The summed E-state index contributed by atoms with van der Waals surface area (Å²) in [5, 5.41) is 18.2. The highest BCUT2D eigenvalue weighted by atomic mass is 32.1. The molecule has 0 fully saturated rings. The lowest BCUT2D eigenvalue weighted by atomic mass is 10.1. The first-order chi connectivity index (χ1) is 15.2. The number of thiophene rings is 1. The predicted octanol–water partition coefficient (Wildman–Crippen LogP) is 3.85. The van der Waals surface area contributed by atoms with Crippen LogP contribution in [0.15, 0.2) is 59.6 Å². The Morgan fingerprint density at radius 2 is 1.84 bits per heavy atom. The molecule has 1 heterocycles. The van der Waals surface area contributed by atoms with Gasteiger partial charge < -0.3 is 25.2 Å². The van der Waals surface area contributed by atoms with Crippen molar-refractivity contribution >= 4 is 27.4 Å². The number of aliphatic imine (C=N–C) groups is 1. The molecule has 2 aromatic carbocycles. The molecule has 1 atom stereocenters. The molecular formula is C24H31N3O3S. The summed E-state index contributed by atoms with van der Waals surface area (Å²) in [6.45, 7) is 5.48. The van der Waals surface area contributed by atoms with Gasteiger partial charge in [-0.3, -0.25) is 4.99 Å². The van der Waals surface area contributed by atoms with Gasteiger partial charge in [-0.05, 0) is 35.6 Å². The molecule has 3 N–H and O–H groups in total. The van der Waals surface area contributed by atoms with Crippen LogP contribution in [0.3, 0.4) is 0 Å². The van der Waals surface area contributed by atoms with E-state index in [2.05, 4.69) is 46.0 Å². The summed E-state index contributed by atoms with van der Waals surface area (Å²) in [6.07, 6.45) is -0.590. The van der Waals surface area contributed by atoms with E-state index < -0.39 is 6.10 Å². The number of rotatable bonds is 11. The van der Waals surface area contributed by atoms with Gasteiger partial charge in [0.1, 0.15) is 6.10 Å². The van der Waals surface area contributed by atoms with Crippen LogP contribution in [-0.2, 0) is 22.6 Å². The summed E-state index contributed by atoms with van der Waals surface area (Å²) in [6, 6.07) is 18.5. The lowest BCUT2D eigenvalue weighted by Crippen LogP contribution is -2.38. The van der Waals surface area contributed by atoms with Crippen molar-refractivity contribution in [3.63, 3.8) is 0 Å². The fourth-order valence-corrected chi connectivity index (χ4v) is 4.20. The molecule has 7 heteroatoms. The van der Waals surface area contributed by atoms with E-state index in [0.29, 0.717) is 45.5 Å². The minimum Gasteiger partial charge on any atom is -0.386 e. The number of benzene rings is 2. The molecule has 0 bridgehead atoms. The molecule has 0 radical (unpaired) electrons. The third-order valence-corrected chi connectivity index (χ3v) is 5.97. The number of guanidine groups is 1. The molecule has 0 spiro atoms. The zero-order valence-electron chi connectivity index (χ0n) is 18.1. The SMILES string of the molecule is CCOCCOCc1cccc(CNC(=NC)NCC(O)c2cc3ccccc3s2)c1. The van der Waals surface area contributed by atoms with Gasteiger partial charge in [-0.25, -0.2) is 0 Å². The van der Waals surface area contributed by atoms with Crippen LogP contribution in [-0.4, -0.2) is 44.5 Å². The van der Waals surface area contributed by atoms with Gasteiger partial charge in [0.25, 0.3) is 0 Å². The van der Waals surface area contributed by atoms with Crippen molar-refractivity contribution in [3.8, 4) is 0 Å². The minimum atomic E-state index is -0.590. The molecule has 31 heavy (non-hydrogen) atoms. The highest BCUT2D eigenvalue weighted by Crippen LogP contribution is 2.29. The summed E-state index contributed by atoms with van der Waals surface area (Å²) in [5.41, 5.74) is 2.26. The highest BCUT2D eigenvalue weighted by molar-refractivity contribution is 7.19. The van der Waals surface area contributed by atoms with E-state index in [4.69, 9.17) is 9.47 Å². The van der Waals surface area contributed by atoms with Crippen LogP contribution in [0, 0.1) is 0 Å². The van der Waals surface area contributed by atoms with Crippen molar-refractivity contribution in [2.45, 2.75) is 26.2 Å². The summed E-state index contributed by atoms with van der Waals surface area (Å²) >= 11 is 1.62. The Kier molecular flexibility index (Phi) is 9.30. The maximum atomic E-state index is 10.6. The van der Waals surface area contributed by atoms with Crippen LogP contribution >= 0.6 is 11.3 Å². The van der Waals surface area contributed by atoms with Crippen LogP contribution < -0.4 is 10.6 Å². The molecule has 6 nitrogen and oxygen atoms in total. The van der Waals surface area contributed by atoms with Gasteiger partial charge in [-0.2, -0.15) is 0 Å². The van der Waals surface area contributed by atoms with Crippen molar-refractivity contribution in [1.82, 2.24) is 10.6 Å². The van der Waals surface area contributed by atoms with E-state index in [1.165, 1.54) is 4.70 Å². The zero-order chi connectivity index (χ0) is 21.9. The summed E-state index contributed by atoms with van der Waals surface area (Å²) < 4.78 is 12.1. The second kappa shape index (κ2) is 12.4. The molecule has 0 aliphatic heterocycles. The Morgan fingerprint density at radius 3 is 2.65 bits per heavy atom. The second-order valence-electron chi connectivity index (χ2n) is 7.08. The quantitative estimate of drug-likeness (QED) is 0.239. The molecule has 166 valence electrons. The Bertz CT molecular complexity index is 940. The summed E-state index contributed by atoms with van der Waals surface area (Å²) in [4.78, 5) is 5.21. The summed E-state index contributed by atoms with van der Waals surface area (Å²) in [7, 11) is 1.73. The molecule has 0 amide bonds.